The van der Waals surface area contributed by atoms with Crippen LogP contribution in [-0.4, -0.2) is 17.0 Å². The van der Waals surface area contributed by atoms with Crippen molar-refractivity contribution in [3.63, 3.8) is 0 Å². The summed E-state index contributed by atoms with van der Waals surface area (Å²) in [5.41, 5.74) is 4.57. The molecule has 0 bridgehead atoms. The van der Waals surface area contributed by atoms with Crippen LogP contribution in [0.2, 0.25) is 5.02 Å². The first-order valence-corrected chi connectivity index (χ1v) is 5.80. The lowest BCUT2D eigenvalue weighted by atomic mass is 9.75. The van der Waals surface area contributed by atoms with Gasteiger partial charge in [0.25, 0.3) is 0 Å². The van der Waals surface area contributed by atoms with Crippen LogP contribution in [0, 0.1) is 5.82 Å². The molecule has 0 heterocycles. The van der Waals surface area contributed by atoms with E-state index in [0.717, 1.165) is 0 Å². The summed E-state index contributed by atoms with van der Waals surface area (Å²) in [7, 11) is 0. The van der Waals surface area contributed by atoms with Gasteiger partial charge in [0.2, 0.25) is 0 Å². The summed E-state index contributed by atoms with van der Waals surface area (Å²) in [5.74, 6) is -1.11. The molecule has 2 unspecified atom stereocenters. The summed E-state index contributed by atoms with van der Waals surface area (Å²) in [5, 5.41) is 9.87. The average molecular weight is 294 g/mol. The predicted octanol–water partition coefficient (Wildman–Crippen LogP) is 2.17. The molecule has 0 spiro atoms. The molecule has 1 saturated carbocycles. The Balaban J connectivity index is 0.00000162. The molecule has 100 valence electrons. The van der Waals surface area contributed by atoms with Crippen LogP contribution in [0.25, 0.3) is 0 Å². The summed E-state index contributed by atoms with van der Waals surface area (Å²) in [6.07, 6.45) is 0.155. The Morgan fingerprint density at radius 2 is 2.17 bits per heavy atom. The third-order valence-electron chi connectivity index (χ3n) is 3.20. The smallest absolute Gasteiger partial charge is 0.185 e. The topological polar surface area (TPSA) is 63.3 Å². The molecule has 0 aliphatic heterocycles. The van der Waals surface area contributed by atoms with Crippen LogP contribution in [0.15, 0.2) is 18.2 Å². The first kappa shape index (κ1) is 15.4. The number of hydrogen-bond acceptors (Lipinski definition) is 3. The minimum atomic E-state index is -1.47. The lowest BCUT2D eigenvalue weighted by molar-refractivity contribution is -0.136. The van der Waals surface area contributed by atoms with Crippen LogP contribution in [0.3, 0.4) is 0 Å². The van der Waals surface area contributed by atoms with E-state index in [1.54, 1.807) is 0 Å². The second-order valence-electron chi connectivity index (χ2n) is 4.37. The number of benzene rings is 1. The molecule has 0 aromatic heterocycles. The summed E-state index contributed by atoms with van der Waals surface area (Å²) >= 11 is 5.79. The van der Waals surface area contributed by atoms with Crippen molar-refractivity contribution in [3.05, 3.63) is 34.6 Å². The maximum atomic E-state index is 13.7. The van der Waals surface area contributed by atoms with E-state index < -0.39 is 23.2 Å². The van der Waals surface area contributed by atoms with Crippen molar-refractivity contribution in [2.75, 3.05) is 0 Å². The Morgan fingerprint density at radius 1 is 1.50 bits per heavy atom. The monoisotopic (exact) mass is 293 g/mol. The van der Waals surface area contributed by atoms with Crippen molar-refractivity contribution in [2.45, 2.75) is 30.9 Å². The van der Waals surface area contributed by atoms with Gasteiger partial charge in [-0.2, -0.15) is 0 Å². The molecule has 18 heavy (non-hydrogen) atoms. The summed E-state index contributed by atoms with van der Waals surface area (Å²) in [6, 6.07) is 3.93. The highest BCUT2D eigenvalue weighted by Gasteiger charge is 2.44. The summed E-state index contributed by atoms with van der Waals surface area (Å²) in [4.78, 5) is 11.9. The van der Waals surface area contributed by atoms with Crippen LogP contribution >= 0.6 is 24.0 Å². The van der Waals surface area contributed by atoms with Crippen molar-refractivity contribution in [1.82, 2.24) is 0 Å². The molecule has 1 aliphatic carbocycles. The molecule has 0 saturated heterocycles. The lowest BCUT2D eigenvalue weighted by Gasteiger charge is -2.35. The predicted molar refractivity (Wildman–Crippen MR) is 69.4 cm³/mol. The molecule has 2 rings (SSSR count). The van der Waals surface area contributed by atoms with E-state index in [0.29, 0.717) is 24.3 Å². The number of halogens is 3. The fraction of sp³-hybridized carbons (Fsp3) is 0.417. The third-order valence-corrected chi connectivity index (χ3v) is 3.44. The number of carbonyl (C=O) groups is 1. The Labute approximate surface area is 116 Å². The van der Waals surface area contributed by atoms with Gasteiger partial charge >= 0.3 is 0 Å². The van der Waals surface area contributed by atoms with Gasteiger partial charge in [-0.05, 0) is 37.5 Å². The highest BCUT2D eigenvalue weighted by molar-refractivity contribution is 6.30. The average Bonchev–Trinajstić information content (AvgIpc) is 2.29. The van der Waals surface area contributed by atoms with Crippen molar-refractivity contribution < 1.29 is 14.3 Å². The van der Waals surface area contributed by atoms with Crippen LogP contribution in [0.5, 0.6) is 0 Å². The van der Waals surface area contributed by atoms with Gasteiger partial charge in [-0.25, -0.2) is 4.39 Å². The molecule has 6 heteroatoms. The van der Waals surface area contributed by atoms with Crippen LogP contribution in [0.4, 0.5) is 4.39 Å². The number of nitrogens with two attached hydrogens (primary N) is 1. The van der Waals surface area contributed by atoms with E-state index in [1.807, 2.05) is 0 Å². The standard InChI is InChI=1S/C12H13ClFNO2.ClH/c13-7-3-4-9(14)8(6-7)12(15)5-1-2-10(16)11(12)17;/h3-4,6,10,16H,1-2,5,15H2;1H. The van der Waals surface area contributed by atoms with Gasteiger partial charge < -0.3 is 10.8 Å². The molecule has 0 radical (unpaired) electrons. The Morgan fingerprint density at radius 3 is 2.83 bits per heavy atom. The molecule has 1 fully saturated rings. The fourth-order valence-electron chi connectivity index (χ4n) is 2.23. The van der Waals surface area contributed by atoms with Crippen molar-refractivity contribution >= 4 is 29.8 Å². The van der Waals surface area contributed by atoms with Gasteiger partial charge in [0.05, 0.1) is 0 Å². The molecule has 0 amide bonds. The van der Waals surface area contributed by atoms with Gasteiger partial charge in [-0.15, -0.1) is 12.4 Å². The van der Waals surface area contributed by atoms with Crippen LogP contribution in [-0.2, 0) is 10.3 Å². The number of ketones is 1. The van der Waals surface area contributed by atoms with E-state index in [4.69, 9.17) is 17.3 Å². The van der Waals surface area contributed by atoms with E-state index in [9.17, 15) is 14.3 Å². The largest absolute Gasteiger partial charge is 0.385 e. The number of aliphatic hydroxyl groups excluding tert-OH is 1. The number of hydrogen-bond donors (Lipinski definition) is 2. The van der Waals surface area contributed by atoms with Crippen LogP contribution in [0.1, 0.15) is 24.8 Å². The Hall–Kier alpha value is -0.680. The number of rotatable bonds is 1. The maximum absolute atomic E-state index is 13.7. The third kappa shape index (κ3) is 2.52. The highest BCUT2D eigenvalue weighted by atomic mass is 35.5. The molecular weight excluding hydrogens is 280 g/mol. The molecule has 1 aliphatic rings. The van der Waals surface area contributed by atoms with E-state index in [1.165, 1.54) is 18.2 Å². The first-order valence-electron chi connectivity index (χ1n) is 5.42. The minimum absolute atomic E-state index is 0. The molecule has 3 nitrogen and oxygen atoms in total. The molecular formula is C12H14Cl2FNO2. The Bertz CT molecular complexity index is 469. The summed E-state index contributed by atoms with van der Waals surface area (Å²) < 4.78 is 13.7. The molecule has 1 aromatic rings. The second-order valence-corrected chi connectivity index (χ2v) is 4.80. The van der Waals surface area contributed by atoms with Crippen molar-refractivity contribution in [1.29, 1.82) is 0 Å². The molecule has 1 aromatic carbocycles. The van der Waals surface area contributed by atoms with Gasteiger partial charge in [0, 0.05) is 10.6 Å². The fourth-order valence-corrected chi connectivity index (χ4v) is 2.40. The van der Waals surface area contributed by atoms with Gasteiger partial charge in [-0.1, -0.05) is 11.6 Å². The van der Waals surface area contributed by atoms with Gasteiger partial charge in [0.15, 0.2) is 5.78 Å². The zero-order valence-corrected chi connectivity index (χ0v) is 11.1. The van der Waals surface area contributed by atoms with Crippen LogP contribution < -0.4 is 5.73 Å². The number of carbonyl (C=O) groups excluding carboxylic acids is 1. The normalized spacial score (nSPS) is 27.8. The molecule has 2 atom stereocenters. The second kappa shape index (κ2) is 5.53. The minimum Gasteiger partial charge on any atom is -0.385 e. The lowest BCUT2D eigenvalue weighted by Crippen LogP contribution is -2.53. The SMILES string of the molecule is Cl.NC1(c2cc(Cl)ccc2F)CCCC(O)C1=O. The van der Waals surface area contributed by atoms with E-state index >= 15 is 0 Å². The zero-order chi connectivity index (χ0) is 12.6. The zero-order valence-electron chi connectivity index (χ0n) is 9.53. The van der Waals surface area contributed by atoms with E-state index in [2.05, 4.69) is 0 Å². The van der Waals surface area contributed by atoms with Crippen molar-refractivity contribution in [3.8, 4) is 0 Å². The van der Waals surface area contributed by atoms with E-state index in [-0.39, 0.29) is 18.0 Å². The maximum Gasteiger partial charge on any atom is 0.185 e. The van der Waals surface area contributed by atoms with Gasteiger partial charge in [-0.3, -0.25) is 4.79 Å². The Kier molecular flexibility index (Phi) is 4.72. The number of aliphatic hydroxyl groups is 1. The quantitative estimate of drug-likeness (QED) is 0.834. The highest BCUT2D eigenvalue weighted by Crippen LogP contribution is 2.34. The van der Waals surface area contributed by atoms with Crippen molar-refractivity contribution in [2.24, 2.45) is 5.73 Å². The number of Topliss-reactive ketones (excluding diaryl/α,β-unsaturated/α-hetero) is 1. The van der Waals surface area contributed by atoms with Gasteiger partial charge in [0.1, 0.15) is 17.5 Å². The molecule has 3 N–H and O–H groups in total. The summed E-state index contributed by atoms with van der Waals surface area (Å²) in [6.45, 7) is 0. The first-order chi connectivity index (χ1) is 7.95.